The molecule has 25 heavy (non-hydrogen) atoms. The van der Waals surface area contributed by atoms with Crippen molar-refractivity contribution in [3.8, 4) is 5.75 Å². The molecule has 5 nitrogen and oxygen atoms in total. The van der Waals surface area contributed by atoms with Crippen LogP contribution in [-0.4, -0.2) is 25.1 Å². The van der Waals surface area contributed by atoms with Gasteiger partial charge in [0, 0.05) is 11.1 Å². The Kier molecular flexibility index (Phi) is 5.98. The zero-order chi connectivity index (χ0) is 18.6. The van der Waals surface area contributed by atoms with Crippen molar-refractivity contribution in [2.75, 3.05) is 12.4 Å². The molecule has 1 N–H and O–H groups in total. The van der Waals surface area contributed by atoms with Crippen LogP contribution < -0.4 is 10.1 Å². The van der Waals surface area contributed by atoms with Crippen LogP contribution in [0.2, 0.25) is 5.02 Å². The zero-order valence-corrected chi connectivity index (χ0v) is 14.7. The summed E-state index contributed by atoms with van der Waals surface area (Å²) in [4.78, 5) is 24.2. The van der Waals surface area contributed by atoms with E-state index in [0.29, 0.717) is 16.5 Å². The van der Waals surface area contributed by atoms with Crippen LogP contribution in [0.4, 0.5) is 10.1 Å². The molecule has 2 rings (SSSR count). The van der Waals surface area contributed by atoms with Crippen molar-refractivity contribution in [3.05, 3.63) is 58.4 Å². The van der Waals surface area contributed by atoms with Gasteiger partial charge in [-0.15, -0.1) is 0 Å². The third-order valence-corrected chi connectivity index (χ3v) is 3.89. The Morgan fingerprint density at radius 2 is 1.92 bits per heavy atom. The van der Waals surface area contributed by atoms with Crippen molar-refractivity contribution in [1.82, 2.24) is 0 Å². The van der Waals surface area contributed by atoms with E-state index in [2.05, 4.69) is 5.32 Å². The van der Waals surface area contributed by atoms with Crippen molar-refractivity contribution in [2.45, 2.75) is 20.0 Å². The summed E-state index contributed by atoms with van der Waals surface area (Å²) in [6.45, 7) is 3.17. The van der Waals surface area contributed by atoms with E-state index in [-0.39, 0.29) is 5.56 Å². The van der Waals surface area contributed by atoms with Crippen LogP contribution in [-0.2, 0) is 9.53 Å². The first-order chi connectivity index (χ1) is 11.8. The maximum absolute atomic E-state index is 13.6. The number of carbonyl (C=O) groups is 2. The molecule has 0 saturated carbocycles. The second kappa shape index (κ2) is 7.98. The minimum absolute atomic E-state index is 0.234. The van der Waals surface area contributed by atoms with E-state index in [4.69, 9.17) is 21.1 Å². The van der Waals surface area contributed by atoms with Gasteiger partial charge >= 0.3 is 5.97 Å². The number of rotatable bonds is 5. The van der Waals surface area contributed by atoms with E-state index >= 15 is 0 Å². The summed E-state index contributed by atoms with van der Waals surface area (Å²) >= 11 is 6.02. The summed E-state index contributed by atoms with van der Waals surface area (Å²) in [6.07, 6.45) is -1.13. The third kappa shape index (κ3) is 4.48. The average Bonchev–Trinajstić information content (AvgIpc) is 2.58. The maximum atomic E-state index is 13.6. The molecule has 0 heterocycles. The molecular formula is C18H17ClFNO4. The molecule has 0 spiro atoms. The lowest BCUT2D eigenvalue weighted by atomic mass is 10.2. The molecule has 0 aliphatic rings. The van der Waals surface area contributed by atoms with Crippen molar-refractivity contribution >= 4 is 29.2 Å². The molecule has 0 fully saturated rings. The number of hydrogen-bond donors (Lipinski definition) is 1. The minimum Gasteiger partial charge on any atom is -0.495 e. The standard InChI is InChI=1S/C18H17ClFNO4/c1-10-8-15(16(24-3)9-13(10)19)21-17(22)11(2)25-18(23)12-6-4-5-7-14(12)20/h4-9,11H,1-3H3,(H,21,22)/t11-/m0/s1. The first-order valence-electron chi connectivity index (χ1n) is 7.44. The molecule has 2 aromatic carbocycles. The van der Waals surface area contributed by atoms with Gasteiger partial charge in [0.05, 0.1) is 18.4 Å². The number of ether oxygens (including phenoxy) is 2. The van der Waals surface area contributed by atoms with E-state index in [1.54, 1.807) is 19.1 Å². The molecule has 0 aromatic heterocycles. The molecule has 0 saturated heterocycles. The molecular weight excluding hydrogens is 349 g/mol. The van der Waals surface area contributed by atoms with E-state index in [9.17, 15) is 14.0 Å². The number of carbonyl (C=O) groups excluding carboxylic acids is 2. The fraction of sp³-hybridized carbons (Fsp3) is 0.222. The van der Waals surface area contributed by atoms with E-state index in [1.807, 2.05) is 0 Å². The Balaban J connectivity index is 2.10. The van der Waals surface area contributed by atoms with Crippen LogP contribution in [0, 0.1) is 12.7 Å². The molecule has 0 aliphatic carbocycles. The van der Waals surface area contributed by atoms with Gasteiger partial charge in [-0.25, -0.2) is 9.18 Å². The summed E-state index contributed by atoms with van der Waals surface area (Å²) in [5.41, 5.74) is 0.902. The highest BCUT2D eigenvalue weighted by Crippen LogP contribution is 2.31. The first-order valence-corrected chi connectivity index (χ1v) is 7.81. The molecule has 1 amide bonds. The zero-order valence-electron chi connectivity index (χ0n) is 13.9. The second-order valence-electron chi connectivity index (χ2n) is 5.32. The predicted octanol–water partition coefficient (Wildman–Crippen LogP) is 3.98. The lowest BCUT2D eigenvalue weighted by Gasteiger charge is -2.16. The Morgan fingerprint density at radius 1 is 1.24 bits per heavy atom. The number of nitrogens with one attached hydrogen (secondary N) is 1. The van der Waals surface area contributed by atoms with Crippen molar-refractivity contribution in [1.29, 1.82) is 0 Å². The molecule has 7 heteroatoms. The van der Waals surface area contributed by atoms with Crippen LogP contribution in [0.15, 0.2) is 36.4 Å². The summed E-state index contributed by atoms with van der Waals surface area (Å²) in [6, 6.07) is 8.60. The second-order valence-corrected chi connectivity index (χ2v) is 5.73. The van der Waals surface area contributed by atoms with Gasteiger partial charge in [0.25, 0.3) is 5.91 Å². The molecule has 0 unspecified atom stereocenters. The summed E-state index contributed by atoms with van der Waals surface area (Å²) in [7, 11) is 1.44. The SMILES string of the molecule is COc1cc(Cl)c(C)cc1NC(=O)[C@H](C)OC(=O)c1ccccc1F. The number of esters is 1. The summed E-state index contributed by atoms with van der Waals surface area (Å²) < 4.78 is 23.8. The van der Waals surface area contributed by atoms with E-state index in [0.717, 1.165) is 11.6 Å². The highest BCUT2D eigenvalue weighted by atomic mass is 35.5. The van der Waals surface area contributed by atoms with Crippen LogP contribution in [0.1, 0.15) is 22.8 Å². The maximum Gasteiger partial charge on any atom is 0.341 e. The van der Waals surface area contributed by atoms with Gasteiger partial charge in [0.2, 0.25) is 0 Å². The number of halogens is 2. The average molecular weight is 366 g/mol. The number of hydrogen-bond acceptors (Lipinski definition) is 4. The Hall–Kier alpha value is -2.60. The normalized spacial score (nSPS) is 11.6. The number of aryl methyl sites for hydroxylation is 1. The molecule has 132 valence electrons. The topological polar surface area (TPSA) is 64.6 Å². The molecule has 0 radical (unpaired) electrons. The van der Waals surface area contributed by atoms with E-state index < -0.39 is 23.8 Å². The van der Waals surface area contributed by atoms with Crippen LogP contribution in [0.3, 0.4) is 0 Å². The van der Waals surface area contributed by atoms with Gasteiger partial charge in [0.1, 0.15) is 11.6 Å². The van der Waals surface area contributed by atoms with E-state index in [1.165, 1.54) is 32.2 Å². The van der Waals surface area contributed by atoms with Gasteiger partial charge in [-0.3, -0.25) is 4.79 Å². The third-order valence-electron chi connectivity index (χ3n) is 3.49. The van der Waals surface area contributed by atoms with Crippen molar-refractivity contribution < 1.29 is 23.5 Å². The largest absolute Gasteiger partial charge is 0.495 e. The molecule has 1 atom stereocenters. The van der Waals surface area contributed by atoms with Gasteiger partial charge in [-0.2, -0.15) is 0 Å². The minimum atomic E-state index is -1.13. The van der Waals surface area contributed by atoms with Gasteiger partial charge < -0.3 is 14.8 Å². The Labute approximate surface area is 149 Å². The molecule has 2 aromatic rings. The Morgan fingerprint density at radius 3 is 2.56 bits per heavy atom. The highest BCUT2D eigenvalue weighted by molar-refractivity contribution is 6.31. The number of amides is 1. The Bertz CT molecular complexity index is 810. The smallest absolute Gasteiger partial charge is 0.341 e. The molecule has 0 aliphatic heterocycles. The monoisotopic (exact) mass is 365 g/mol. The number of benzene rings is 2. The highest BCUT2D eigenvalue weighted by Gasteiger charge is 2.22. The predicted molar refractivity (Wildman–Crippen MR) is 92.6 cm³/mol. The van der Waals surface area contributed by atoms with Crippen molar-refractivity contribution in [3.63, 3.8) is 0 Å². The van der Waals surface area contributed by atoms with Crippen LogP contribution in [0.5, 0.6) is 5.75 Å². The summed E-state index contributed by atoms with van der Waals surface area (Å²) in [5, 5.41) is 3.10. The van der Waals surface area contributed by atoms with Crippen LogP contribution >= 0.6 is 11.6 Å². The van der Waals surface area contributed by atoms with Crippen LogP contribution in [0.25, 0.3) is 0 Å². The summed E-state index contributed by atoms with van der Waals surface area (Å²) in [5.74, 6) is -1.84. The molecule has 0 bridgehead atoms. The van der Waals surface area contributed by atoms with Gasteiger partial charge in [-0.05, 0) is 37.6 Å². The lowest BCUT2D eigenvalue weighted by Crippen LogP contribution is -2.30. The van der Waals surface area contributed by atoms with Crippen molar-refractivity contribution in [2.24, 2.45) is 0 Å². The quantitative estimate of drug-likeness (QED) is 0.814. The fourth-order valence-corrected chi connectivity index (χ4v) is 2.22. The fourth-order valence-electron chi connectivity index (χ4n) is 2.07. The van der Waals surface area contributed by atoms with Gasteiger partial charge in [0.15, 0.2) is 6.10 Å². The van der Waals surface area contributed by atoms with Gasteiger partial charge in [-0.1, -0.05) is 23.7 Å². The number of methoxy groups -OCH3 is 1. The number of anilines is 1. The lowest BCUT2D eigenvalue weighted by molar-refractivity contribution is -0.123. The first kappa shape index (κ1) is 18.7.